The van der Waals surface area contributed by atoms with Crippen LogP contribution in [0.4, 0.5) is 0 Å². The molecule has 1 amide bonds. The second-order valence-electron chi connectivity index (χ2n) is 6.47. The van der Waals surface area contributed by atoms with E-state index in [1.165, 1.54) is 0 Å². The van der Waals surface area contributed by atoms with E-state index in [1.54, 1.807) is 31.4 Å². The normalized spacial score (nSPS) is 11.0. The van der Waals surface area contributed by atoms with Gasteiger partial charge in [0.2, 0.25) is 0 Å². The summed E-state index contributed by atoms with van der Waals surface area (Å²) in [7, 11) is 1.57. The highest BCUT2D eigenvalue weighted by molar-refractivity contribution is 6.06. The number of aromatic nitrogens is 1. The van der Waals surface area contributed by atoms with Crippen molar-refractivity contribution < 1.29 is 14.7 Å². The minimum Gasteiger partial charge on any atom is -0.478 e. The van der Waals surface area contributed by atoms with Crippen molar-refractivity contribution in [2.45, 2.75) is 6.54 Å². The van der Waals surface area contributed by atoms with Gasteiger partial charge < -0.3 is 15.0 Å². The Labute approximate surface area is 155 Å². The third-order valence-corrected chi connectivity index (χ3v) is 4.77. The summed E-state index contributed by atoms with van der Waals surface area (Å²) in [6.07, 6.45) is 1.63. The summed E-state index contributed by atoms with van der Waals surface area (Å²) in [6, 6.07) is 19.4. The molecule has 0 fully saturated rings. The Hall–Kier alpha value is -3.60. The number of rotatable bonds is 4. The molecule has 134 valence electrons. The van der Waals surface area contributed by atoms with E-state index in [2.05, 4.69) is 29.6 Å². The van der Waals surface area contributed by atoms with E-state index in [-0.39, 0.29) is 11.5 Å². The molecule has 27 heavy (non-hydrogen) atoms. The minimum atomic E-state index is -0.982. The molecule has 0 saturated carbocycles. The molecule has 1 heterocycles. The second-order valence-corrected chi connectivity index (χ2v) is 6.47. The van der Waals surface area contributed by atoms with E-state index in [0.717, 1.165) is 21.9 Å². The molecule has 0 bridgehead atoms. The highest BCUT2D eigenvalue weighted by atomic mass is 16.4. The number of carbonyl (C=O) groups is 2. The van der Waals surface area contributed by atoms with Gasteiger partial charge in [-0.2, -0.15) is 0 Å². The first-order chi connectivity index (χ1) is 13.1. The number of benzene rings is 3. The summed E-state index contributed by atoms with van der Waals surface area (Å²) >= 11 is 0. The molecule has 0 unspecified atom stereocenters. The van der Waals surface area contributed by atoms with Crippen LogP contribution in [0, 0.1) is 0 Å². The van der Waals surface area contributed by atoms with Gasteiger partial charge in [-0.05, 0) is 34.5 Å². The van der Waals surface area contributed by atoms with Crippen LogP contribution in [0.25, 0.3) is 21.7 Å². The molecule has 2 N–H and O–H groups in total. The lowest BCUT2D eigenvalue weighted by atomic mass is 10.1. The van der Waals surface area contributed by atoms with E-state index in [9.17, 15) is 14.7 Å². The van der Waals surface area contributed by atoms with Crippen LogP contribution in [-0.2, 0) is 6.54 Å². The number of fused-ring (bicyclic) bond motifs is 2. The molecule has 0 aliphatic rings. The van der Waals surface area contributed by atoms with Gasteiger partial charge in [-0.3, -0.25) is 4.79 Å². The maximum Gasteiger partial charge on any atom is 0.337 e. The van der Waals surface area contributed by atoms with Crippen LogP contribution in [0.1, 0.15) is 26.3 Å². The van der Waals surface area contributed by atoms with Crippen LogP contribution in [0.15, 0.2) is 66.9 Å². The molecule has 4 aromatic rings. The van der Waals surface area contributed by atoms with Gasteiger partial charge in [-0.15, -0.1) is 0 Å². The maximum absolute atomic E-state index is 12.0. The molecule has 0 radical (unpaired) electrons. The van der Waals surface area contributed by atoms with Crippen molar-refractivity contribution >= 4 is 33.6 Å². The average Bonchev–Trinajstić information content (AvgIpc) is 3.05. The van der Waals surface area contributed by atoms with E-state index in [4.69, 9.17) is 0 Å². The van der Waals surface area contributed by atoms with E-state index in [0.29, 0.717) is 17.5 Å². The molecule has 0 saturated heterocycles. The Morgan fingerprint density at radius 3 is 2.52 bits per heavy atom. The summed E-state index contributed by atoms with van der Waals surface area (Å²) in [5, 5.41) is 15.1. The van der Waals surface area contributed by atoms with Crippen LogP contribution in [0.5, 0.6) is 0 Å². The zero-order valence-corrected chi connectivity index (χ0v) is 14.8. The molecule has 0 spiro atoms. The number of nitrogens with one attached hydrogen (secondary N) is 1. The van der Waals surface area contributed by atoms with Gasteiger partial charge in [0, 0.05) is 36.3 Å². The zero-order valence-electron chi connectivity index (χ0n) is 14.8. The quantitative estimate of drug-likeness (QED) is 0.581. The summed E-state index contributed by atoms with van der Waals surface area (Å²) in [5.41, 5.74) is 2.52. The third-order valence-electron chi connectivity index (χ3n) is 4.77. The molecule has 4 rings (SSSR count). The van der Waals surface area contributed by atoms with Crippen molar-refractivity contribution in [1.29, 1.82) is 0 Å². The van der Waals surface area contributed by atoms with Gasteiger partial charge in [-0.1, -0.05) is 42.5 Å². The summed E-state index contributed by atoms with van der Waals surface area (Å²) < 4.78 is 1.88. The largest absolute Gasteiger partial charge is 0.478 e. The number of carboxylic acid groups (broad SMARTS) is 1. The fourth-order valence-electron chi connectivity index (χ4n) is 3.41. The zero-order chi connectivity index (χ0) is 19.0. The van der Waals surface area contributed by atoms with Crippen LogP contribution in [0.2, 0.25) is 0 Å². The second kappa shape index (κ2) is 6.61. The minimum absolute atomic E-state index is 0.202. The number of aromatic carboxylic acids is 1. The van der Waals surface area contributed by atoms with E-state index < -0.39 is 5.97 Å². The predicted octanol–water partition coefficient (Wildman–Crippen LogP) is 3.90. The Kier molecular flexibility index (Phi) is 4.12. The topological polar surface area (TPSA) is 71.3 Å². The van der Waals surface area contributed by atoms with Crippen LogP contribution in [0.3, 0.4) is 0 Å². The van der Waals surface area contributed by atoms with Gasteiger partial charge in [0.25, 0.3) is 5.91 Å². The fourth-order valence-corrected chi connectivity index (χ4v) is 3.41. The highest BCUT2D eigenvalue weighted by Crippen LogP contribution is 2.25. The van der Waals surface area contributed by atoms with Gasteiger partial charge in [0.15, 0.2) is 0 Å². The number of nitrogens with zero attached hydrogens (tertiary/aromatic N) is 1. The standard InChI is InChI=1S/C22H18N2O3/c1-23-21(25)17-8-9-18-19(22(26)27)13-24(20(18)11-17)12-14-6-7-15-4-2-3-5-16(15)10-14/h2-11,13H,12H2,1H3,(H,23,25)(H,26,27). The summed E-state index contributed by atoms with van der Waals surface area (Å²) in [4.78, 5) is 23.6. The van der Waals surface area contributed by atoms with Gasteiger partial charge in [0.05, 0.1) is 5.56 Å². The lowest BCUT2D eigenvalue weighted by Crippen LogP contribution is -2.17. The van der Waals surface area contributed by atoms with Gasteiger partial charge in [0.1, 0.15) is 0 Å². The molecule has 1 aromatic heterocycles. The van der Waals surface area contributed by atoms with E-state index in [1.807, 2.05) is 22.8 Å². The molecular formula is C22H18N2O3. The molecule has 0 aliphatic carbocycles. The first kappa shape index (κ1) is 16.8. The maximum atomic E-state index is 12.0. The van der Waals surface area contributed by atoms with Crippen molar-refractivity contribution in [2.24, 2.45) is 0 Å². The van der Waals surface area contributed by atoms with Crippen LogP contribution >= 0.6 is 0 Å². The molecule has 3 aromatic carbocycles. The van der Waals surface area contributed by atoms with Crippen molar-refractivity contribution in [3.63, 3.8) is 0 Å². The van der Waals surface area contributed by atoms with Crippen molar-refractivity contribution in [3.8, 4) is 0 Å². The first-order valence-corrected chi connectivity index (χ1v) is 8.63. The predicted molar refractivity (Wildman–Crippen MR) is 105 cm³/mol. The third kappa shape index (κ3) is 3.04. The SMILES string of the molecule is CNC(=O)c1ccc2c(C(=O)O)cn(Cc3ccc4ccccc4c3)c2c1. The Bertz CT molecular complexity index is 1190. The molecule has 0 atom stereocenters. The van der Waals surface area contributed by atoms with Crippen molar-refractivity contribution in [3.05, 3.63) is 83.6 Å². The Balaban J connectivity index is 1.83. The monoisotopic (exact) mass is 358 g/mol. The van der Waals surface area contributed by atoms with Gasteiger partial charge >= 0.3 is 5.97 Å². The summed E-state index contributed by atoms with van der Waals surface area (Å²) in [5.74, 6) is -1.18. The number of carboxylic acids is 1. The Morgan fingerprint density at radius 2 is 1.78 bits per heavy atom. The molecule has 5 nitrogen and oxygen atoms in total. The highest BCUT2D eigenvalue weighted by Gasteiger charge is 2.16. The number of amides is 1. The van der Waals surface area contributed by atoms with E-state index >= 15 is 0 Å². The van der Waals surface area contributed by atoms with Gasteiger partial charge in [-0.25, -0.2) is 4.79 Å². The van der Waals surface area contributed by atoms with Crippen molar-refractivity contribution in [2.75, 3.05) is 7.05 Å². The smallest absolute Gasteiger partial charge is 0.337 e. The molecular weight excluding hydrogens is 340 g/mol. The van der Waals surface area contributed by atoms with Crippen LogP contribution < -0.4 is 5.32 Å². The lowest BCUT2D eigenvalue weighted by Gasteiger charge is -2.08. The Morgan fingerprint density at radius 1 is 1.00 bits per heavy atom. The number of hydrogen-bond donors (Lipinski definition) is 2. The molecule has 0 aliphatic heterocycles. The number of hydrogen-bond acceptors (Lipinski definition) is 2. The van der Waals surface area contributed by atoms with Crippen molar-refractivity contribution in [1.82, 2.24) is 9.88 Å². The fraction of sp³-hybridized carbons (Fsp3) is 0.0909. The van der Waals surface area contributed by atoms with Crippen LogP contribution in [-0.4, -0.2) is 28.6 Å². The molecule has 5 heteroatoms. The first-order valence-electron chi connectivity index (χ1n) is 8.63. The summed E-state index contributed by atoms with van der Waals surface area (Å²) in [6.45, 7) is 0.520. The lowest BCUT2D eigenvalue weighted by molar-refractivity contribution is 0.0698. The number of carbonyl (C=O) groups excluding carboxylic acids is 1. The average molecular weight is 358 g/mol.